The first-order valence-electron chi connectivity index (χ1n) is 7.04. The fourth-order valence-corrected chi connectivity index (χ4v) is 3.25. The second-order valence-corrected chi connectivity index (χ2v) is 6.30. The number of hydrogen-bond donors (Lipinski definition) is 3. The third kappa shape index (κ3) is 4.35. The Morgan fingerprint density at radius 2 is 2.08 bits per heavy atom. The second-order valence-electron chi connectivity index (χ2n) is 5.19. The van der Waals surface area contributed by atoms with Crippen LogP contribution in [0.15, 0.2) is 23.1 Å². The summed E-state index contributed by atoms with van der Waals surface area (Å²) >= 11 is -0.426. The number of ether oxygens (including phenoxy) is 1. The Balaban J connectivity index is 2.32. The molecule has 1 aliphatic heterocycles. The molecule has 0 saturated carbocycles. The van der Waals surface area contributed by atoms with Crippen LogP contribution in [-0.4, -0.2) is 58.3 Å². The van der Waals surface area contributed by atoms with Gasteiger partial charge >= 0.3 is 5.51 Å². The van der Waals surface area contributed by atoms with Crippen molar-refractivity contribution in [2.24, 2.45) is 0 Å². The Morgan fingerprint density at radius 1 is 1.40 bits per heavy atom. The maximum atomic E-state index is 12.7. The van der Waals surface area contributed by atoms with Gasteiger partial charge < -0.3 is 14.7 Å². The zero-order valence-electron chi connectivity index (χ0n) is 12.9. The lowest BCUT2D eigenvalue weighted by atomic mass is 10.1. The number of aliphatic hydroxyl groups is 1. The number of carbonyl (C=O) groups is 2. The minimum Gasteiger partial charge on any atom is -0.496 e. The molecule has 1 heterocycles. The molecule has 0 aliphatic carbocycles. The number of methoxy groups -OCH3 is 1. The summed E-state index contributed by atoms with van der Waals surface area (Å²) < 4.78 is 42.8. The first-order chi connectivity index (χ1) is 11.7. The molecule has 0 spiro atoms. The van der Waals surface area contributed by atoms with E-state index in [-0.39, 0.29) is 29.2 Å². The highest BCUT2D eigenvalue weighted by molar-refractivity contribution is 8.00. The van der Waals surface area contributed by atoms with Crippen molar-refractivity contribution in [3.8, 4) is 5.75 Å². The van der Waals surface area contributed by atoms with E-state index >= 15 is 0 Å². The number of nitrogens with zero attached hydrogens (tertiary/aromatic N) is 1. The molecule has 2 amide bonds. The highest BCUT2D eigenvalue weighted by Crippen LogP contribution is 2.42. The molecule has 2 rings (SSSR count). The van der Waals surface area contributed by atoms with Crippen LogP contribution < -0.4 is 10.2 Å². The number of alkyl halides is 3. The predicted octanol–water partition coefficient (Wildman–Crippen LogP) is 1.39. The van der Waals surface area contributed by atoms with Crippen LogP contribution in [0.25, 0.3) is 0 Å². The van der Waals surface area contributed by atoms with Gasteiger partial charge in [0, 0.05) is 12.1 Å². The molecule has 0 bridgehead atoms. The monoisotopic (exact) mass is 380 g/mol. The smallest absolute Gasteiger partial charge is 0.446 e. The Kier molecular flexibility index (Phi) is 5.80. The molecule has 7 nitrogen and oxygen atoms in total. The van der Waals surface area contributed by atoms with Gasteiger partial charge in [0.05, 0.1) is 18.1 Å². The minimum atomic E-state index is -4.57. The van der Waals surface area contributed by atoms with Gasteiger partial charge in [-0.15, -0.1) is 0 Å². The van der Waals surface area contributed by atoms with Crippen molar-refractivity contribution in [1.29, 1.82) is 0 Å². The summed E-state index contributed by atoms with van der Waals surface area (Å²) in [6.45, 7) is 0.0197. The molecule has 1 aromatic rings. The number of thioether (sulfide) groups is 1. The third-order valence-corrected chi connectivity index (χ3v) is 4.41. The van der Waals surface area contributed by atoms with Gasteiger partial charge in [-0.05, 0) is 36.4 Å². The van der Waals surface area contributed by atoms with Crippen LogP contribution in [0.2, 0.25) is 0 Å². The summed E-state index contributed by atoms with van der Waals surface area (Å²) in [6, 6.07) is 2.17. The quantitative estimate of drug-likeness (QED) is 0.415. The molecule has 1 aliphatic rings. The van der Waals surface area contributed by atoms with Gasteiger partial charge in [0.25, 0.3) is 11.8 Å². The Morgan fingerprint density at radius 3 is 2.64 bits per heavy atom. The SMILES string of the molecule is COc1ccc(C(=O)N2CC[C@@H](O)[C@H]2C(=O)NO)cc1SC(F)(F)F. The number of benzene rings is 1. The van der Waals surface area contributed by atoms with Gasteiger partial charge in [-0.2, -0.15) is 13.2 Å². The van der Waals surface area contributed by atoms with E-state index in [1.807, 2.05) is 0 Å². The average molecular weight is 380 g/mol. The highest BCUT2D eigenvalue weighted by Gasteiger charge is 2.41. The Bertz CT molecular complexity index is 670. The van der Waals surface area contributed by atoms with Crippen molar-refractivity contribution in [3.05, 3.63) is 23.8 Å². The number of amides is 2. The fraction of sp³-hybridized carbons (Fsp3) is 0.429. The van der Waals surface area contributed by atoms with Crippen LogP contribution in [0, 0.1) is 0 Å². The highest BCUT2D eigenvalue weighted by atomic mass is 32.2. The van der Waals surface area contributed by atoms with E-state index in [9.17, 15) is 27.9 Å². The number of nitrogens with one attached hydrogen (secondary N) is 1. The van der Waals surface area contributed by atoms with Crippen molar-refractivity contribution in [1.82, 2.24) is 10.4 Å². The lowest BCUT2D eigenvalue weighted by Gasteiger charge is -2.24. The number of likely N-dealkylation sites (tertiary alicyclic amines) is 1. The standard InChI is InChI=1S/C14H15F3N2O5S/c1-24-9-3-2-7(6-10(9)25-14(15,16)17)13(22)19-5-4-8(20)11(19)12(21)18-23/h2-3,6,8,11,20,23H,4-5H2,1H3,(H,18,21)/t8-,11+/m1/s1. The topological polar surface area (TPSA) is 99.1 Å². The molecule has 2 atom stereocenters. The van der Waals surface area contributed by atoms with Crippen molar-refractivity contribution in [2.75, 3.05) is 13.7 Å². The van der Waals surface area contributed by atoms with Crippen molar-refractivity contribution in [2.45, 2.75) is 29.0 Å². The first-order valence-corrected chi connectivity index (χ1v) is 7.86. The maximum Gasteiger partial charge on any atom is 0.446 e. The van der Waals surface area contributed by atoms with Gasteiger partial charge in [-0.25, -0.2) is 5.48 Å². The van der Waals surface area contributed by atoms with E-state index in [1.165, 1.54) is 24.7 Å². The fourth-order valence-electron chi connectivity index (χ4n) is 2.57. The normalized spacial score (nSPS) is 20.5. The van der Waals surface area contributed by atoms with E-state index in [0.29, 0.717) is 0 Å². The summed E-state index contributed by atoms with van der Waals surface area (Å²) in [7, 11) is 1.20. The van der Waals surface area contributed by atoms with E-state index in [4.69, 9.17) is 9.94 Å². The second kappa shape index (κ2) is 7.50. The summed E-state index contributed by atoms with van der Waals surface area (Å²) in [6.07, 6.45) is -1.08. The average Bonchev–Trinajstić information content (AvgIpc) is 2.93. The summed E-state index contributed by atoms with van der Waals surface area (Å²) in [5, 5.41) is 18.5. The molecule has 3 N–H and O–H groups in total. The lowest BCUT2D eigenvalue weighted by molar-refractivity contribution is -0.135. The number of halogens is 3. The van der Waals surface area contributed by atoms with Crippen molar-refractivity contribution >= 4 is 23.6 Å². The van der Waals surface area contributed by atoms with Crippen LogP contribution in [0.4, 0.5) is 13.2 Å². The molecule has 0 aromatic heterocycles. The number of hydroxylamine groups is 1. The number of hydrogen-bond acceptors (Lipinski definition) is 6. The van der Waals surface area contributed by atoms with Crippen molar-refractivity contribution < 1.29 is 37.8 Å². The van der Waals surface area contributed by atoms with Crippen LogP contribution in [0.1, 0.15) is 16.8 Å². The van der Waals surface area contributed by atoms with Gasteiger partial charge in [0.1, 0.15) is 11.8 Å². The number of aliphatic hydroxyl groups excluding tert-OH is 1. The largest absolute Gasteiger partial charge is 0.496 e. The van der Waals surface area contributed by atoms with E-state index in [2.05, 4.69) is 0 Å². The lowest BCUT2D eigenvalue weighted by Crippen LogP contribution is -2.49. The molecule has 1 aromatic carbocycles. The number of carbonyl (C=O) groups excluding carboxylic acids is 2. The molecular formula is C14H15F3N2O5S. The van der Waals surface area contributed by atoms with Crippen LogP contribution in [0.3, 0.4) is 0 Å². The van der Waals surface area contributed by atoms with Crippen molar-refractivity contribution in [3.63, 3.8) is 0 Å². The van der Waals surface area contributed by atoms with Gasteiger partial charge in [-0.1, -0.05) is 0 Å². The molecule has 0 radical (unpaired) electrons. The molecule has 138 valence electrons. The summed E-state index contributed by atoms with van der Waals surface area (Å²) in [5.74, 6) is -1.77. The summed E-state index contributed by atoms with van der Waals surface area (Å²) in [4.78, 5) is 24.9. The van der Waals surface area contributed by atoms with Crippen LogP contribution in [0.5, 0.6) is 5.75 Å². The third-order valence-electron chi connectivity index (χ3n) is 3.64. The molecule has 0 unspecified atom stereocenters. The van der Waals surface area contributed by atoms with E-state index < -0.39 is 41.2 Å². The van der Waals surface area contributed by atoms with E-state index in [1.54, 1.807) is 0 Å². The summed E-state index contributed by atoms with van der Waals surface area (Å²) in [5.41, 5.74) is -3.30. The van der Waals surface area contributed by atoms with Crippen LogP contribution in [-0.2, 0) is 4.79 Å². The minimum absolute atomic E-state index is 0.0197. The molecular weight excluding hydrogens is 365 g/mol. The maximum absolute atomic E-state index is 12.7. The van der Waals surface area contributed by atoms with Gasteiger partial charge in [0.2, 0.25) is 0 Å². The predicted molar refractivity (Wildman–Crippen MR) is 80.3 cm³/mol. The first kappa shape index (κ1) is 19.3. The molecule has 25 heavy (non-hydrogen) atoms. The molecule has 1 saturated heterocycles. The number of rotatable bonds is 4. The molecule has 11 heteroatoms. The Hall–Kier alpha value is -1.98. The molecule has 1 fully saturated rings. The van der Waals surface area contributed by atoms with Gasteiger partial charge in [-0.3, -0.25) is 14.8 Å². The van der Waals surface area contributed by atoms with E-state index in [0.717, 1.165) is 11.0 Å². The zero-order valence-corrected chi connectivity index (χ0v) is 13.7. The van der Waals surface area contributed by atoms with Crippen LogP contribution >= 0.6 is 11.8 Å². The van der Waals surface area contributed by atoms with Gasteiger partial charge in [0.15, 0.2) is 0 Å². The Labute approximate surface area is 144 Å². The zero-order chi connectivity index (χ0) is 18.8.